The fraction of sp³-hybridized carbons (Fsp3) is 0.792. The van der Waals surface area contributed by atoms with E-state index in [0.29, 0.717) is 24.4 Å². The van der Waals surface area contributed by atoms with Crippen molar-refractivity contribution in [1.82, 2.24) is 10.2 Å². The number of carbonyl (C=O) groups is 1. The molecule has 1 heterocycles. The van der Waals surface area contributed by atoms with E-state index in [1.54, 1.807) is 0 Å². The summed E-state index contributed by atoms with van der Waals surface area (Å²) in [4.78, 5) is 15.4. The molecule has 0 aromatic rings. The first-order chi connectivity index (χ1) is 13.7. The molecule has 1 saturated heterocycles. The zero-order chi connectivity index (χ0) is 19.3. The first-order valence-corrected chi connectivity index (χ1v) is 11.8. The predicted octanol–water partition coefficient (Wildman–Crippen LogP) is 3.95. The Morgan fingerprint density at radius 3 is 2.61 bits per heavy atom. The molecule has 2 N–H and O–H groups in total. The average Bonchev–Trinajstić information content (AvgIpc) is 2.75. The van der Waals surface area contributed by atoms with Gasteiger partial charge in [0.25, 0.3) is 0 Å². The number of amides is 1. The minimum Gasteiger partial charge on any atom is -0.393 e. The summed E-state index contributed by atoms with van der Waals surface area (Å²) < 4.78 is 0. The van der Waals surface area contributed by atoms with E-state index in [4.69, 9.17) is 0 Å². The average molecular weight is 387 g/mol. The summed E-state index contributed by atoms with van der Waals surface area (Å²) in [5.41, 5.74) is 2.99. The van der Waals surface area contributed by atoms with Gasteiger partial charge in [-0.25, -0.2) is 0 Å². The highest BCUT2D eigenvalue weighted by Crippen LogP contribution is 2.40. The van der Waals surface area contributed by atoms with Gasteiger partial charge < -0.3 is 15.3 Å². The number of aliphatic hydroxyl groups is 1. The number of rotatable bonds is 5. The third-order valence-electron chi connectivity index (χ3n) is 7.54. The van der Waals surface area contributed by atoms with Crippen LogP contribution in [0.2, 0.25) is 0 Å². The molecule has 4 nitrogen and oxygen atoms in total. The lowest BCUT2D eigenvalue weighted by Gasteiger charge is -2.45. The van der Waals surface area contributed by atoms with Crippen LogP contribution < -0.4 is 5.32 Å². The molecule has 0 aromatic heterocycles. The summed E-state index contributed by atoms with van der Waals surface area (Å²) in [6, 6.07) is 0.301. The standard InChI is InChI=1S/C24H38N2O2/c27-22-13-7-5-11-20(22)16-25-17-23(28)26-15-14-18-8-4-6-12-21(18)24(26)19-9-2-1-3-10-19/h8,12,19-20,22,24-25,27H,1-7,9-11,13-17H2/t20-,22+,24?/m1/s1. The molecular weight excluding hydrogens is 348 g/mol. The number of hydrogen-bond acceptors (Lipinski definition) is 3. The van der Waals surface area contributed by atoms with Crippen molar-refractivity contribution in [1.29, 1.82) is 0 Å². The number of piperidine rings is 1. The second kappa shape index (κ2) is 9.58. The Bertz CT molecular complexity index is 606. The lowest BCUT2D eigenvalue weighted by Crippen LogP contribution is -2.52. The molecular formula is C24H38N2O2. The summed E-state index contributed by atoms with van der Waals surface area (Å²) >= 11 is 0. The van der Waals surface area contributed by atoms with Crippen LogP contribution in [0, 0.1) is 11.8 Å². The minimum atomic E-state index is -0.193. The molecule has 4 aliphatic rings. The normalized spacial score (nSPS) is 31.8. The molecule has 0 bridgehead atoms. The van der Waals surface area contributed by atoms with Gasteiger partial charge in [0.15, 0.2) is 0 Å². The van der Waals surface area contributed by atoms with Crippen molar-refractivity contribution in [2.75, 3.05) is 19.6 Å². The molecule has 28 heavy (non-hydrogen) atoms. The van der Waals surface area contributed by atoms with Gasteiger partial charge in [-0.1, -0.05) is 44.3 Å². The molecule has 4 heteroatoms. The van der Waals surface area contributed by atoms with Crippen molar-refractivity contribution in [2.45, 2.75) is 89.2 Å². The molecule has 3 fully saturated rings. The number of hydrogen-bond donors (Lipinski definition) is 2. The van der Waals surface area contributed by atoms with Crippen molar-refractivity contribution in [2.24, 2.45) is 11.8 Å². The van der Waals surface area contributed by atoms with E-state index in [2.05, 4.69) is 22.4 Å². The zero-order valence-corrected chi connectivity index (χ0v) is 17.4. The highest BCUT2D eigenvalue weighted by molar-refractivity contribution is 5.79. The summed E-state index contributed by atoms with van der Waals surface area (Å²) in [6.07, 6.45) is 18.8. The highest BCUT2D eigenvalue weighted by Gasteiger charge is 2.38. The Kier molecular flexibility index (Phi) is 6.90. The molecule has 1 aliphatic heterocycles. The van der Waals surface area contributed by atoms with Gasteiger partial charge in [0, 0.05) is 13.1 Å². The van der Waals surface area contributed by atoms with E-state index in [1.165, 1.54) is 49.7 Å². The van der Waals surface area contributed by atoms with E-state index < -0.39 is 0 Å². The van der Waals surface area contributed by atoms with Crippen molar-refractivity contribution in [3.63, 3.8) is 0 Å². The Labute approximate surface area is 170 Å². The van der Waals surface area contributed by atoms with E-state index >= 15 is 0 Å². The van der Waals surface area contributed by atoms with Crippen LogP contribution in [-0.4, -0.2) is 47.7 Å². The van der Waals surface area contributed by atoms with Gasteiger partial charge in [-0.05, 0) is 67.9 Å². The zero-order valence-electron chi connectivity index (χ0n) is 17.4. The van der Waals surface area contributed by atoms with Crippen LogP contribution in [0.25, 0.3) is 0 Å². The topological polar surface area (TPSA) is 52.6 Å². The van der Waals surface area contributed by atoms with E-state index in [-0.39, 0.29) is 12.0 Å². The molecule has 0 radical (unpaired) electrons. The summed E-state index contributed by atoms with van der Waals surface area (Å²) in [6.45, 7) is 2.05. The molecule has 1 amide bonds. The van der Waals surface area contributed by atoms with Crippen molar-refractivity contribution in [3.05, 3.63) is 23.3 Å². The Hall–Kier alpha value is -1.13. The Morgan fingerprint density at radius 1 is 1.04 bits per heavy atom. The molecule has 0 spiro atoms. The maximum Gasteiger partial charge on any atom is 0.237 e. The van der Waals surface area contributed by atoms with Gasteiger partial charge in [-0.3, -0.25) is 4.79 Å². The van der Waals surface area contributed by atoms with Crippen LogP contribution in [0.3, 0.4) is 0 Å². The summed E-state index contributed by atoms with van der Waals surface area (Å²) in [5, 5.41) is 13.6. The maximum atomic E-state index is 13.2. The Balaban J connectivity index is 1.40. The monoisotopic (exact) mass is 386 g/mol. The fourth-order valence-electron chi connectivity index (χ4n) is 5.98. The van der Waals surface area contributed by atoms with Crippen LogP contribution in [0.5, 0.6) is 0 Å². The van der Waals surface area contributed by atoms with Crippen LogP contribution in [-0.2, 0) is 4.79 Å². The Morgan fingerprint density at radius 2 is 1.79 bits per heavy atom. The molecule has 2 saturated carbocycles. The first-order valence-electron chi connectivity index (χ1n) is 11.8. The highest BCUT2D eigenvalue weighted by atomic mass is 16.3. The molecule has 4 rings (SSSR count). The number of allylic oxidation sites excluding steroid dienone is 2. The van der Waals surface area contributed by atoms with Crippen molar-refractivity contribution < 1.29 is 9.90 Å². The van der Waals surface area contributed by atoms with Gasteiger partial charge in [-0.2, -0.15) is 0 Å². The molecule has 156 valence electrons. The fourth-order valence-corrected chi connectivity index (χ4v) is 5.98. The molecule has 1 unspecified atom stereocenters. The van der Waals surface area contributed by atoms with Gasteiger partial charge in [0.2, 0.25) is 5.91 Å². The molecule has 3 atom stereocenters. The smallest absolute Gasteiger partial charge is 0.237 e. The molecule has 0 aromatic carbocycles. The minimum absolute atomic E-state index is 0.193. The largest absolute Gasteiger partial charge is 0.393 e. The SMILES string of the molecule is O=C(CNC[C@H]1CCCC[C@@H]1O)N1CCC2=CCCC=C2C1C1CCCCC1. The van der Waals surface area contributed by atoms with Crippen LogP contribution in [0.4, 0.5) is 0 Å². The van der Waals surface area contributed by atoms with Gasteiger partial charge in [-0.15, -0.1) is 0 Å². The second-order valence-corrected chi connectivity index (χ2v) is 9.39. The number of likely N-dealkylation sites (tertiary alicyclic amines) is 1. The number of nitrogens with one attached hydrogen (secondary N) is 1. The van der Waals surface area contributed by atoms with Crippen LogP contribution >= 0.6 is 0 Å². The number of aliphatic hydroxyl groups excluding tert-OH is 1. The van der Waals surface area contributed by atoms with Gasteiger partial charge in [0.05, 0.1) is 18.7 Å². The summed E-state index contributed by atoms with van der Waals surface area (Å²) in [7, 11) is 0. The van der Waals surface area contributed by atoms with Crippen molar-refractivity contribution in [3.8, 4) is 0 Å². The van der Waals surface area contributed by atoms with E-state index in [9.17, 15) is 9.90 Å². The predicted molar refractivity (Wildman–Crippen MR) is 113 cm³/mol. The quantitative estimate of drug-likeness (QED) is 0.752. The summed E-state index contributed by atoms with van der Waals surface area (Å²) in [5.74, 6) is 1.20. The maximum absolute atomic E-state index is 13.2. The van der Waals surface area contributed by atoms with Crippen LogP contribution in [0.15, 0.2) is 23.3 Å². The van der Waals surface area contributed by atoms with Crippen LogP contribution in [0.1, 0.15) is 77.0 Å². The second-order valence-electron chi connectivity index (χ2n) is 9.39. The first kappa shape index (κ1) is 20.2. The van der Waals surface area contributed by atoms with Gasteiger partial charge in [0.1, 0.15) is 0 Å². The van der Waals surface area contributed by atoms with Crippen molar-refractivity contribution >= 4 is 5.91 Å². The van der Waals surface area contributed by atoms with E-state index in [1.807, 2.05) is 0 Å². The lowest BCUT2D eigenvalue weighted by molar-refractivity contribution is -0.133. The third-order valence-corrected chi connectivity index (χ3v) is 7.54. The lowest BCUT2D eigenvalue weighted by atomic mass is 9.74. The number of carbonyl (C=O) groups excluding carboxylic acids is 1. The third kappa shape index (κ3) is 4.54. The van der Waals surface area contributed by atoms with Gasteiger partial charge >= 0.3 is 0 Å². The molecule has 3 aliphatic carbocycles. The number of nitrogens with zero attached hydrogens (tertiary/aromatic N) is 1. The number of fused-ring (bicyclic) bond motifs is 1. The van der Waals surface area contributed by atoms with E-state index in [0.717, 1.165) is 51.6 Å².